The quantitative estimate of drug-likeness (QED) is 0.584. The normalized spacial score (nSPS) is 12.8. The van der Waals surface area contributed by atoms with Crippen LogP contribution in [-0.4, -0.2) is 9.97 Å². The molecule has 1 aromatic carbocycles. The SMILES string of the molecule is CC(Cl)c1nc2scc(-c3ccc(Br)cc3Cl)c2c(=O)[nH]1. The van der Waals surface area contributed by atoms with Crippen LogP contribution in [0.4, 0.5) is 0 Å². The van der Waals surface area contributed by atoms with Crippen LogP contribution >= 0.6 is 50.5 Å². The second-order valence-electron chi connectivity index (χ2n) is 4.52. The van der Waals surface area contributed by atoms with Crippen molar-refractivity contribution in [3.8, 4) is 11.1 Å². The van der Waals surface area contributed by atoms with E-state index in [2.05, 4.69) is 25.9 Å². The van der Waals surface area contributed by atoms with Crippen molar-refractivity contribution in [1.82, 2.24) is 9.97 Å². The van der Waals surface area contributed by atoms with E-state index in [4.69, 9.17) is 23.2 Å². The van der Waals surface area contributed by atoms with Crippen molar-refractivity contribution >= 4 is 60.7 Å². The molecule has 1 unspecified atom stereocenters. The van der Waals surface area contributed by atoms with E-state index in [0.717, 1.165) is 15.6 Å². The van der Waals surface area contributed by atoms with Crippen molar-refractivity contribution < 1.29 is 0 Å². The molecule has 0 fully saturated rings. The molecule has 0 aliphatic heterocycles. The number of halogens is 3. The van der Waals surface area contributed by atoms with E-state index in [0.29, 0.717) is 21.1 Å². The first-order chi connectivity index (χ1) is 9.97. The van der Waals surface area contributed by atoms with E-state index < -0.39 is 0 Å². The van der Waals surface area contributed by atoms with Gasteiger partial charge >= 0.3 is 0 Å². The summed E-state index contributed by atoms with van der Waals surface area (Å²) in [5, 5.41) is 2.68. The fraction of sp³-hybridized carbons (Fsp3) is 0.143. The van der Waals surface area contributed by atoms with Crippen molar-refractivity contribution in [1.29, 1.82) is 0 Å². The Bertz CT molecular complexity index is 888. The first-order valence-corrected chi connectivity index (χ1v) is 8.57. The molecule has 0 amide bonds. The van der Waals surface area contributed by atoms with Gasteiger partial charge in [0.1, 0.15) is 10.7 Å². The van der Waals surface area contributed by atoms with Crippen LogP contribution in [0.5, 0.6) is 0 Å². The molecule has 0 spiro atoms. The third-order valence-electron chi connectivity index (χ3n) is 3.06. The molecule has 0 saturated heterocycles. The van der Waals surface area contributed by atoms with Crippen LogP contribution in [0.25, 0.3) is 21.3 Å². The average molecular weight is 404 g/mol. The van der Waals surface area contributed by atoms with Gasteiger partial charge in [-0.1, -0.05) is 33.6 Å². The summed E-state index contributed by atoms with van der Waals surface area (Å²) in [4.78, 5) is 20.1. The van der Waals surface area contributed by atoms with Gasteiger partial charge in [-0.15, -0.1) is 22.9 Å². The van der Waals surface area contributed by atoms with E-state index >= 15 is 0 Å². The fourth-order valence-corrected chi connectivity index (χ4v) is 3.88. The number of H-pyrrole nitrogens is 1. The minimum Gasteiger partial charge on any atom is -0.309 e. The van der Waals surface area contributed by atoms with E-state index in [1.54, 1.807) is 13.0 Å². The molecular weight excluding hydrogens is 395 g/mol. The summed E-state index contributed by atoms with van der Waals surface area (Å²) in [5.74, 6) is 0.476. The molecule has 0 aliphatic rings. The molecular formula is C14H9BrCl2N2OS. The number of benzene rings is 1. The van der Waals surface area contributed by atoms with Gasteiger partial charge in [0.05, 0.1) is 10.8 Å². The monoisotopic (exact) mass is 402 g/mol. The van der Waals surface area contributed by atoms with Crippen molar-refractivity contribution in [3.05, 3.63) is 49.3 Å². The zero-order valence-corrected chi connectivity index (χ0v) is 14.7. The van der Waals surface area contributed by atoms with Crippen LogP contribution < -0.4 is 5.56 Å². The Kier molecular flexibility index (Phi) is 4.10. The third kappa shape index (κ3) is 2.75. The molecule has 21 heavy (non-hydrogen) atoms. The first kappa shape index (κ1) is 15.0. The number of nitrogens with zero attached hydrogens (tertiary/aromatic N) is 1. The highest BCUT2D eigenvalue weighted by atomic mass is 79.9. The lowest BCUT2D eigenvalue weighted by Gasteiger charge is -2.05. The van der Waals surface area contributed by atoms with Crippen molar-refractivity contribution in [3.63, 3.8) is 0 Å². The Hall–Kier alpha value is -0.880. The van der Waals surface area contributed by atoms with Gasteiger partial charge < -0.3 is 4.98 Å². The topological polar surface area (TPSA) is 45.8 Å². The summed E-state index contributed by atoms with van der Waals surface area (Å²) in [6.07, 6.45) is 0. The second kappa shape index (κ2) is 5.72. The Morgan fingerprint density at radius 2 is 2.14 bits per heavy atom. The highest BCUT2D eigenvalue weighted by Crippen LogP contribution is 2.36. The maximum atomic E-state index is 12.3. The minimum atomic E-state index is -0.344. The van der Waals surface area contributed by atoms with Crippen LogP contribution in [-0.2, 0) is 0 Å². The molecule has 2 aromatic heterocycles. The zero-order chi connectivity index (χ0) is 15.1. The van der Waals surface area contributed by atoms with E-state index in [1.165, 1.54) is 11.3 Å². The Morgan fingerprint density at radius 3 is 2.81 bits per heavy atom. The number of alkyl halides is 1. The van der Waals surface area contributed by atoms with Crippen LogP contribution in [0.15, 0.2) is 32.8 Å². The van der Waals surface area contributed by atoms with E-state index in [9.17, 15) is 4.79 Å². The Morgan fingerprint density at radius 1 is 1.38 bits per heavy atom. The molecule has 7 heteroatoms. The molecule has 2 heterocycles. The van der Waals surface area contributed by atoms with Crippen molar-refractivity contribution in [2.45, 2.75) is 12.3 Å². The molecule has 0 saturated carbocycles. The number of thiophene rings is 1. The molecule has 3 aromatic rings. The maximum absolute atomic E-state index is 12.3. The summed E-state index contributed by atoms with van der Waals surface area (Å²) >= 11 is 17.0. The zero-order valence-electron chi connectivity index (χ0n) is 10.8. The molecule has 1 atom stereocenters. The maximum Gasteiger partial charge on any atom is 0.260 e. The molecule has 3 rings (SSSR count). The predicted octanol–water partition coefficient (Wildman–Crippen LogP) is 5.37. The van der Waals surface area contributed by atoms with Crippen molar-refractivity contribution in [2.24, 2.45) is 0 Å². The first-order valence-electron chi connectivity index (χ1n) is 6.08. The van der Waals surface area contributed by atoms with Gasteiger partial charge in [0, 0.05) is 26.0 Å². The summed E-state index contributed by atoms with van der Waals surface area (Å²) in [7, 11) is 0. The smallest absolute Gasteiger partial charge is 0.260 e. The molecule has 0 bridgehead atoms. The third-order valence-corrected chi connectivity index (χ3v) is 4.95. The number of rotatable bonds is 2. The largest absolute Gasteiger partial charge is 0.309 e. The van der Waals surface area contributed by atoms with Gasteiger partial charge in [-0.2, -0.15) is 0 Å². The summed E-state index contributed by atoms with van der Waals surface area (Å²) in [5.41, 5.74) is 1.40. The van der Waals surface area contributed by atoms with Gasteiger partial charge in [-0.05, 0) is 19.1 Å². The van der Waals surface area contributed by atoms with Gasteiger partial charge in [0.15, 0.2) is 0 Å². The van der Waals surface area contributed by atoms with Crippen LogP contribution in [0.3, 0.4) is 0 Å². The number of fused-ring (bicyclic) bond motifs is 1. The van der Waals surface area contributed by atoms with Gasteiger partial charge in [0.2, 0.25) is 0 Å². The minimum absolute atomic E-state index is 0.197. The standard InChI is InChI=1S/C14H9BrCl2N2OS/c1-6(16)12-18-13(20)11-9(5-21-14(11)19-12)8-3-2-7(15)4-10(8)17/h2-6H,1H3,(H,18,19,20). The highest BCUT2D eigenvalue weighted by Gasteiger charge is 2.16. The predicted molar refractivity (Wildman–Crippen MR) is 92.7 cm³/mol. The number of hydrogen-bond donors (Lipinski definition) is 1. The molecule has 0 aliphatic carbocycles. The lowest BCUT2D eigenvalue weighted by atomic mass is 10.1. The highest BCUT2D eigenvalue weighted by molar-refractivity contribution is 9.10. The van der Waals surface area contributed by atoms with Gasteiger partial charge in [-0.25, -0.2) is 4.98 Å². The van der Waals surface area contributed by atoms with Crippen LogP contribution in [0.1, 0.15) is 18.1 Å². The Balaban J connectivity index is 2.28. The average Bonchev–Trinajstić information content (AvgIpc) is 2.83. The molecule has 0 radical (unpaired) electrons. The molecule has 1 N–H and O–H groups in total. The Labute approximate surface area is 143 Å². The number of aromatic amines is 1. The number of nitrogens with one attached hydrogen (secondary N) is 1. The molecule has 108 valence electrons. The second-order valence-corrected chi connectivity index (χ2v) is 7.36. The summed E-state index contributed by atoms with van der Waals surface area (Å²) in [6, 6.07) is 5.57. The number of hydrogen-bond acceptors (Lipinski definition) is 3. The number of aromatic nitrogens is 2. The summed E-state index contributed by atoms with van der Waals surface area (Å²) < 4.78 is 0.890. The fourth-order valence-electron chi connectivity index (χ4n) is 2.06. The van der Waals surface area contributed by atoms with E-state index in [1.807, 2.05) is 17.5 Å². The van der Waals surface area contributed by atoms with Crippen LogP contribution in [0.2, 0.25) is 5.02 Å². The van der Waals surface area contributed by atoms with Crippen molar-refractivity contribution in [2.75, 3.05) is 0 Å². The van der Waals surface area contributed by atoms with E-state index in [-0.39, 0.29) is 10.9 Å². The lowest BCUT2D eigenvalue weighted by Crippen LogP contribution is -2.11. The summed E-state index contributed by atoms with van der Waals surface area (Å²) in [6.45, 7) is 1.77. The lowest BCUT2D eigenvalue weighted by molar-refractivity contribution is 0.917. The molecule has 3 nitrogen and oxygen atoms in total. The van der Waals surface area contributed by atoms with Gasteiger partial charge in [0.25, 0.3) is 5.56 Å². The van der Waals surface area contributed by atoms with Gasteiger partial charge in [-0.3, -0.25) is 4.79 Å². The van der Waals surface area contributed by atoms with Crippen LogP contribution in [0, 0.1) is 0 Å².